The molecule has 1 aromatic carbocycles. The second kappa shape index (κ2) is 7.27. The molecule has 0 saturated carbocycles. The highest BCUT2D eigenvalue weighted by Gasteiger charge is 2.04. The number of ether oxygens (including phenoxy) is 1. The van der Waals surface area contributed by atoms with Gasteiger partial charge in [-0.25, -0.2) is 0 Å². The van der Waals surface area contributed by atoms with Crippen molar-refractivity contribution in [1.82, 2.24) is 0 Å². The van der Waals surface area contributed by atoms with Gasteiger partial charge in [0.25, 0.3) is 0 Å². The molecule has 0 aliphatic heterocycles. The minimum Gasteiger partial charge on any atom is -0.492 e. The summed E-state index contributed by atoms with van der Waals surface area (Å²) in [5.41, 5.74) is 12.5. The van der Waals surface area contributed by atoms with E-state index in [2.05, 4.69) is 0 Å². The lowest BCUT2D eigenvalue weighted by Gasteiger charge is -2.13. The first kappa shape index (κ1) is 14.0. The molecular formula is C13H22N2O2. The monoisotopic (exact) mass is 238 g/mol. The predicted molar refractivity (Wildman–Crippen MR) is 69.0 cm³/mol. The summed E-state index contributed by atoms with van der Waals surface area (Å²) >= 11 is 0. The van der Waals surface area contributed by atoms with Crippen LogP contribution in [0.1, 0.15) is 18.9 Å². The van der Waals surface area contributed by atoms with Crippen molar-refractivity contribution in [1.29, 1.82) is 0 Å². The normalized spacial score (nSPS) is 14.4. The maximum Gasteiger partial charge on any atom is 0.119 e. The van der Waals surface area contributed by atoms with Crippen molar-refractivity contribution in [3.63, 3.8) is 0 Å². The molecule has 4 heteroatoms. The second-order valence-electron chi connectivity index (χ2n) is 4.27. The van der Waals surface area contributed by atoms with E-state index in [1.807, 2.05) is 31.2 Å². The van der Waals surface area contributed by atoms with Crippen LogP contribution in [0, 0.1) is 0 Å². The van der Waals surface area contributed by atoms with Gasteiger partial charge in [0.1, 0.15) is 12.4 Å². The summed E-state index contributed by atoms with van der Waals surface area (Å²) in [6, 6.07) is 7.59. The van der Waals surface area contributed by atoms with E-state index in [4.69, 9.17) is 21.3 Å². The van der Waals surface area contributed by atoms with Crippen molar-refractivity contribution < 1.29 is 9.84 Å². The minimum absolute atomic E-state index is 0.00814. The van der Waals surface area contributed by atoms with E-state index in [0.717, 1.165) is 17.7 Å². The molecule has 96 valence electrons. The maximum absolute atomic E-state index is 8.90. The van der Waals surface area contributed by atoms with Gasteiger partial charge < -0.3 is 21.3 Å². The number of nitrogens with two attached hydrogens (primary N) is 2. The fourth-order valence-corrected chi connectivity index (χ4v) is 1.45. The van der Waals surface area contributed by atoms with Crippen LogP contribution in [0.4, 0.5) is 0 Å². The molecule has 0 radical (unpaired) electrons. The summed E-state index contributed by atoms with van der Waals surface area (Å²) in [6.07, 6.45) is 1.54. The third kappa shape index (κ3) is 5.17. The largest absolute Gasteiger partial charge is 0.492 e. The van der Waals surface area contributed by atoms with Crippen LogP contribution in [0.25, 0.3) is 0 Å². The van der Waals surface area contributed by atoms with Crippen molar-refractivity contribution in [3.8, 4) is 5.75 Å². The summed E-state index contributed by atoms with van der Waals surface area (Å²) in [6.45, 7) is 2.54. The van der Waals surface area contributed by atoms with Crippen LogP contribution < -0.4 is 16.2 Å². The van der Waals surface area contributed by atoms with Crippen molar-refractivity contribution >= 4 is 0 Å². The molecule has 1 aromatic rings. The Kier molecular flexibility index (Phi) is 5.97. The number of aliphatic hydroxyl groups is 1. The Labute approximate surface area is 103 Å². The third-order valence-corrected chi connectivity index (χ3v) is 2.62. The molecule has 0 spiro atoms. The molecule has 17 heavy (non-hydrogen) atoms. The molecule has 0 saturated heterocycles. The van der Waals surface area contributed by atoms with Crippen molar-refractivity contribution in [2.24, 2.45) is 11.5 Å². The summed E-state index contributed by atoms with van der Waals surface area (Å²) in [4.78, 5) is 0. The molecule has 0 bridgehead atoms. The maximum atomic E-state index is 8.90. The Bertz CT molecular complexity index is 331. The molecule has 0 aliphatic carbocycles. The quantitative estimate of drug-likeness (QED) is 0.652. The summed E-state index contributed by atoms with van der Waals surface area (Å²) < 4.78 is 5.59. The Morgan fingerprint density at radius 2 is 2.06 bits per heavy atom. The topological polar surface area (TPSA) is 81.5 Å². The van der Waals surface area contributed by atoms with Gasteiger partial charge in [-0.3, -0.25) is 0 Å². The zero-order valence-electron chi connectivity index (χ0n) is 10.3. The molecule has 4 nitrogen and oxygen atoms in total. The van der Waals surface area contributed by atoms with Crippen LogP contribution in [-0.4, -0.2) is 30.4 Å². The van der Waals surface area contributed by atoms with Crippen LogP contribution in [-0.2, 0) is 6.42 Å². The summed E-state index contributed by atoms with van der Waals surface area (Å²) in [5.74, 6) is 0.802. The fourth-order valence-electron chi connectivity index (χ4n) is 1.45. The molecule has 1 rings (SSSR count). The van der Waals surface area contributed by atoms with Crippen molar-refractivity contribution in [3.05, 3.63) is 29.8 Å². The molecule has 0 aliphatic rings. The average molecular weight is 238 g/mol. The zero-order valence-corrected chi connectivity index (χ0v) is 10.3. The number of benzene rings is 1. The van der Waals surface area contributed by atoms with Gasteiger partial charge in [-0.1, -0.05) is 19.1 Å². The van der Waals surface area contributed by atoms with Gasteiger partial charge in [-0.05, 0) is 30.5 Å². The zero-order chi connectivity index (χ0) is 12.7. The lowest BCUT2D eigenvalue weighted by molar-refractivity contribution is 0.264. The van der Waals surface area contributed by atoms with Crippen LogP contribution in [0.3, 0.4) is 0 Å². The van der Waals surface area contributed by atoms with Crippen molar-refractivity contribution in [2.45, 2.75) is 31.8 Å². The third-order valence-electron chi connectivity index (χ3n) is 2.62. The lowest BCUT2D eigenvalue weighted by Crippen LogP contribution is -2.27. The fraction of sp³-hybridized carbons (Fsp3) is 0.538. The van der Waals surface area contributed by atoms with E-state index in [1.165, 1.54) is 0 Å². The summed E-state index contributed by atoms with van der Waals surface area (Å²) in [5, 5.41) is 8.90. The van der Waals surface area contributed by atoms with E-state index in [1.54, 1.807) is 0 Å². The first-order valence-corrected chi connectivity index (χ1v) is 5.99. The van der Waals surface area contributed by atoms with Gasteiger partial charge >= 0.3 is 0 Å². The standard InChI is InChI=1S/C13H22N2O2/c1-2-11(14)9-17-13-5-3-4-10(7-13)6-12(15)8-16/h3-5,7,11-12,16H,2,6,8-9,14-15H2,1H3/t11-,12+/m1/s1. The molecule has 5 N–H and O–H groups in total. The number of hydrogen-bond acceptors (Lipinski definition) is 4. The number of aliphatic hydroxyl groups excluding tert-OH is 1. The van der Waals surface area contributed by atoms with Gasteiger partial charge in [0.05, 0.1) is 6.61 Å². The van der Waals surface area contributed by atoms with E-state index in [0.29, 0.717) is 13.0 Å². The Balaban J connectivity index is 2.53. The molecule has 2 atom stereocenters. The van der Waals surface area contributed by atoms with Gasteiger partial charge in [0, 0.05) is 12.1 Å². The molecule has 0 aromatic heterocycles. The highest BCUT2D eigenvalue weighted by molar-refractivity contribution is 5.29. The van der Waals surface area contributed by atoms with E-state index < -0.39 is 0 Å². The summed E-state index contributed by atoms with van der Waals surface area (Å²) in [7, 11) is 0. The molecule has 0 unspecified atom stereocenters. The second-order valence-corrected chi connectivity index (χ2v) is 4.27. The van der Waals surface area contributed by atoms with Crippen LogP contribution in [0.15, 0.2) is 24.3 Å². The highest BCUT2D eigenvalue weighted by Crippen LogP contribution is 2.14. The lowest BCUT2D eigenvalue weighted by atomic mass is 10.1. The van der Waals surface area contributed by atoms with Gasteiger partial charge in [-0.2, -0.15) is 0 Å². The van der Waals surface area contributed by atoms with Gasteiger partial charge in [-0.15, -0.1) is 0 Å². The van der Waals surface area contributed by atoms with Gasteiger partial charge in [0.15, 0.2) is 0 Å². The minimum atomic E-state index is -0.219. The Morgan fingerprint density at radius 1 is 1.29 bits per heavy atom. The van der Waals surface area contributed by atoms with E-state index in [9.17, 15) is 0 Å². The molecule has 0 fully saturated rings. The molecular weight excluding hydrogens is 216 g/mol. The highest BCUT2D eigenvalue weighted by atomic mass is 16.5. The Morgan fingerprint density at radius 3 is 2.71 bits per heavy atom. The van der Waals surface area contributed by atoms with Crippen LogP contribution in [0.2, 0.25) is 0 Å². The number of hydrogen-bond donors (Lipinski definition) is 3. The predicted octanol–water partition coefficient (Wildman–Crippen LogP) is 0.665. The smallest absolute Gasteiger partial charge is 0.119 e. The first-order chi connectivity index (χ1) is 8.15. The van der Waals surface area contributed by atoms with Crippen LogP contribution >= 0.6 is 0 Å². The molecule has 0 amide bonds. The SMILES string of the molecule is CC[C@@H](N)COc1cccc(C[C@H](N)CO)c1. The number of rotatable bonds is 7. The van der Waals surface area contributed by atoms with E-state index in [-0.39, 0.29) is 18.7 Å². The molecule has 0 heterocycles. The van der Waals surface area contributed by atoms with Crippen LogP contribution in [0.5, 0.6) is 5.75 Å². The van der Waals surface area contributed by atoms with Gasteiger partial charge in [0.2, 0.25) is 0 Å². The first-order valence-electron chi connectivity index (χ1n) is 5.99. The average Bonchev–Trinajstić information content (AvgIpc) is 2.36. The Hall–Kier alpha value is -1.10. The van der Waals surface area contributed by atoms with Crippen molar-refractivity contribution in [2.75, 3.05) is 13.2 Å². The van der Waals surface area contributed by atoms with E-state index >= 15 is 0 Å².